The molecule has 11 aromatic rings. The van der Waals surface area contributed by atoms with Crippen LogP contribution in [0.15, 0.2) is 231 Å². The van der Waals surface area contributed by atoms with Crippen LogP contribution in [0.25, 0.3) is 64.0 Å². The number of thiophene rings is 1. The maximum Gasteiger partial charge on any atom is 0.0473 e. The molecule has 59 heavy (non-hydrogen) atoms. The van der Waals surface area contributed by atoms with Gasteiger partial charge in [-0.3, -0.25) is 0 Å². The normalized spacial score (nSPS) is 11.4. The second kappa shape index (κ2) is 14.8. The van der Waals surface area contributed by atoms with Crippen molar-refractivity contribution in [1.82, 2.24) is 0 Å². The molecular weight excluding hydrogens is 733 g/mol. The van der Waals surface area contributed by atoms with Crippen LogP contribution in [0.4, 0.5) is 34.1 Å². The van der Waals surface area contributed by atoms with E-state index in [1.165, 1.54) is 64.0 Å². The van der Waals surface area contributed by atoms with Crippen molar-refractivity contribution < 1.29 is 0 Å². The highest BCUT2D eigenvalue weighted by Gasteiger charge is 2.20. The molecule has 0 aliphatic heterocycles. The Hall–Kier alpha value is -7.46. The van der Waals surface area contributed by atoms with E-state index in [4.69, 9.17) is 0 Å². The van der Waals surface area contributed by atoms with Crippen molar-refractivity contribution in [3.63, 3.8) is 0 Å². The smallest absolute Gasteiger partial charge is 0.0473 e. The van der Waals surface area contributed by atoms with E-state index in [1.807, 2.05) is 11.3 Å². The van der Waals surface area contributed by atoms with E-state index in [-0.39, 0.29) is 0 Å². The molecule has 0 fully saturated rings. The van der Waals surface area contributed by atoms with Gasteiger partial charge in [-0.25, -0.2) is 0 Å². The zero-order valence-electron chi connectivity index (χ0n) is 32.2. The Balaban J connectivity index is 1.16. The first-order chi connectivity index (χ1) is 29.3. The van der Waals surface area contributed by atoms with Gasteiger partial charge in [0.2, 0.25) is 0 Å². The summed E-state index contributed by atoms with van der Waals surface area (Å²) in [6.07, 6.45) is 0. The molecule has 2 nitrogen and oxygen atoms in total. The molecule has 0 saturated heterocycles. The average Bonchev–Trinajstić information content (AvgIpc) is 3.71. The maximum absolute atomic E-state index is 2.44. The van der Waals surface area contributed by atoms with Gasteiger partial charge in [0.25, 0.3) is 0 Å². The molecule has 3 heteroatoms. The Labute approximate surface area is 348 Å². The van der Waals surface area contributed by atoms with E-state index in [1.54, 1.807) is 0 Å². The molecule has 0 saturated carbocycles. The SMILES string of the molecule is c1ccc(-c2cc(-c3ccccc3)cc(N(c3ccc(N(c4ccccc4)c4ccccc4)cc3)c3ccc4c5ccccc5c5sc6ccccc6c5c4c3)c2)cc1. The van der Waals surface area contributed by atoms with Crippen LogP contribution in [-0.4, -0.2) is 0 Å². The van der Waals surface area contributed by atoms with Gasteiger partial charge in [0.05, 0.1) is 0 Å². The molecule has 278 valence electrons. The monoisotopic (exact) mass is 770 g/mol. The van der Waals surface area contributed by atoms with Gasteiger partial charge in [0.1, 0.15) is 0 Å². The third-order valence-corrected chi connectivity index (χ3v) is 12.6. The standard InChI is InChI=1S/C56H38N2S/c1-5-17-39(18-6-1)41-35-42(40-19-7-2-8-20-40)37-48(36-41)58(46-31-29-45(30-32-46)57(43-21-9-3-10-22-43)44-23-11-4-12-24-44)47-33-34-50-49-25-13-14-26-51(49)56-55(53(50)38-47)52-27-15-16-28-54(52)59-56/h1-38H. The number of hydrogen-bond acceptors (Lipinski definition) is 3. The predicted molar refractivity (Wildman–Crippen MR) is 255 cm³/mol. The van der Waals surface area contributed by atoms with Crippen LogP contribution in [0.3, 0.4) is 0 Å². The molecule has 0 bridgehead atoms. The van der Waals surface area contributed by atoms with Crippen molar-refractivity contribution in [3.05, 3.63) is 231 Å². The second-order valence-electron chi connectivity index (χ2n) is 14.9. The van der Waals surface area contributed by atoms with E-state index in [9.17, 15) is 0 Å². The van der Waals surface area contributed by atoms with E-state index >= 15 is 0 Å². The van der Waals surface area contributed by atoms with Crippen LogP contribution >= 0.6 is 11.3 Å². The van der Waals surface area contributed by atoms with Gasteiger partial charge in [-0.15, -0.1) is 11.3 Å². The van der Waals surface area contributed by atoms with Crippen LogP contribution < -0.4 is 9.80 Å². The van der Waals surface area contributed by atoms with Gasteiger partial charge >= 0.3 is 0 Å². The van der Waals surface area contributed by atoms with Gasteiger partial charge in [-0.05, 0) is 123 Å². The van der Waals surface area contributed by atoms with E-state index in [2.05, 4.69) is 240 Å². The fourth-order valence-corrected chi connectivity index (χ4v) is 9.92. The number of nitrogens with zero attached hydrogens (tertiary/aromatic N) is 2. The third-order valence-electron chi connectivity index (χ3n) is 11.4. The summed E-state index contributed by atoms with van der Waals surface area (Å²) in [5.41, 5.74) is 11.3. The number of hydrogen-bond donors (Lipinski definition) is 0. The fraction of sp³-hybridized carbons (Fsp3) is 0. The van der Waals surface area contributed by atoms with Crippen molar-refractivity contribution >= 4 is 87.2 Å². The highest BCUT2D eigenvalue weighted by atomic mass is 32.1. The lowest BCUT2D eigenvalue weighted by molar-refractivity contribution is 1.26. The molecular formula is C56H38N2S. The molecule has 0 N–H and O–H groups in total. The van der Waals surface area contributed by atoms with Crippen molar-refractivity contribution in [2.24, 2.45) is 0 Å². The molecule has 0 atom stereocenters. The first-order valence-corrected chi connectivity index (χ1v) is 20.9. The van der Waals surface area contributed by atoms with Crippen LogP contribution in [0, 0.1) is 0 Å². The van der Waals surface area contributed by atoms with E-state index < -0.39 is 0 Å². The molecule has 0 unspecified atom stereocenters. The van der Waals surface area contributed by atoms with Crippen molar-refractivity contribution in [2.45, 2.75) is 0 Å². The van der Waals surface area contributed by atoms with E-state index in [0.717, 1.165) is 34.1 Å². The number of rotatable bonds is 8. The highest BCUT2D eigenvalue weighted by molar-refractivity contribution is 7.27. The summed E-state index contributed by atoms with van der Waals surface area (Å²) in [7, 11) is 0. The molecule has 11 rings (SSSR count). The lowest BCUT2D eigenvalue weighted by Gasteiger charge is -2.29. The molecule has 1 heterocycles. The van der Waals surface area contributed by atoms with Crippen LogP contribution in [0.5, 0.6) is 0 Å². The minimum Gasteiger partial charge on any atom is -0.311 e. The van der Waals surface area contributed by atoms with Crippen molar-refractivity contribution in [1.29, 1.82) is 0 Å². The molecule has 0 aliphatic rings. The Morgan fingerprint density at radius 1 is 0.254 bits per heavy atom. The Morgan fingerprint density at radius 2 is 0.678 bits per heavy atom. The number of fused-ring (bicyclic) bond motifs is 8. The highest BCUT2D eigenvalue weighted by Crippen LogP contribution is 2.47. The molecule has 0 amide bonds. The van der Waals surface area contributed by atoms with Crippen molar-refractivity contribution in [3.8, 4) is 22.3 Å². The largest absolute Gasteiger partial charge is 0.311 e. The van der Waals surface area contributed by atoms with Gasteiger partial charge in [-0.2, -0.15) is 0 Å². The van der Waals surface area contributed by atoms with Gasteiger partial charge < -0.3 is 9.80 Å². The fourth-order valence-electron chi connectivity index (χ4n) is 8.67. The first-order valence-electron chi connectivity index (χ1n) is 20.1. The second-order valence-corrected chi connectivity index (χ2v) is 16.0. The van der Waals surface area contributed by atoms with Gasteiger partial charge in [0, 0.05) is 59.7 Å². The predicted octanol–water partition coefficient (Wildman–Crippen LogP) is 16.6. The summed E-state index contributed by atoms with van der Waals surface area (Å²) in [5.74, 6) is 0. The Bertz CT molecular complexity index is 3150. The number of benzene rings is 10. The van der Waals surface area contributed by atoms with Gasteiger partial charge in [-0.1, -0.05) is 146 Å². The Kier molecular flexibility index (Phi) is 8.72. The van der Waals surface area contributed by atoms with Crippen molar-refractivity contribution in [2.75, 3.05) is 9.80 Å². The molecule has 10 aromatic carbocycles. The van der Waals surface area contributed by atoms with Crippen LogP contribution in [-0.2, 0) is 0 Å². The Morgan fingerprint density at radius 3 is 1.25 bits per heavy atom. The number of para-hydroxylation sites is 2. The third kappa shape index (κ3) is 6.29. The summed E-state index contributed by atoms with van der Waals surface area (Å²) in [4.78, 5) is 4.75. The molecule has 0 aliphatic carbocycles. The maximum atomic E-state index is 2.44. The quantitative estimate of drug-likeness (QED) is 0.142. The summed E-state index contributed by atoms with van der Waals surface area (Å²) in [6.45, 7) is 0. The summed E-state index contributed by atoms with van der Waals surface area (Å²) in [6, 6.07) is 83.5. The summed E-state index contributed by atoms with van der Waals surface area (Å²) >= 11 is 1.89. The molecule has 1 aromatic heterocycles. The van der Waals surface area contributed by atoms with Crippen LogP contribution in [0.1, 0.15) is 0 Å². The molecule has 0 spiro atoms. The number of anilines is 6. The minimum atomic E-state index is 1.07. The summed E-state index contributed by atoms with van der Waals surface area (Å²) in [5, 5.41) is 7.73. The summed E-state index contributed by atoms with van der Waals surface area (Å²) < 4.78 is 2.64. The topological polar surface area (TPSA) is 6.48 Å². The first kappa shape index (κ1) is 34.8. The lowest BCUT2D eigenvalue weighted by Crippen LogP contribution is -2.12. The zero-order chi connectivity index (χ0) is 39.1. The average molecular weight is 771 g/mol. The van der Waals surface area contributed by atoms with Gasteiger partial charge in [0.15, 0.2) is 0 Å². The van der Waals surface area contributed by atoms with E-state index in [0.29, 0.717) is 0 Å². The van der Waals surface area contributed by atoms with Crippen LogP contribution in [0.2, 0.25) is 0 Å². The zero-order valence-corrected chi connectivity index (χ0v) is 33.1. The molecule has 0 radical (unpaired) electrons. The minimum absolute atomic E-state index is 1.07. The lowest BCUT2D eigenvalue weighted by atomic mass is 9.95.